The van der Waals surface area contributed by atoms with E-state index in [1.165, 1.54) is 81.7 Å². The number of benzene rings is 18. The molecule has 0 radical (unpaired) electrons. The first kappa shape index (κ1) is 61.5. The van der Waals surface area contributed by atoms with Gasteiger partial charge in [-0.05, 0) is 121 Å². The summed E-state index contributed by atoms with van der Waals surface area (Å²) in [5.41, 5.74) is 16.9. The van der Waals surface area contributed by atoms with Gasteiger partial charge in [-0.1, -0.05) is 352 Å². The lowest BCUT2D eigenvalue weighted by Gasteiger charge is -2.20. The van der Waals surface area contributed by atoms with Crippen LogP contribution in [0.5, 0.6) is 0 Å². The van der Waals surface area contributed by atoms with Gasteiger partial charge in [-0.15, -0.1) is 0 Å². The molecule has 0 aliphatic heterocycles. The van der Waals surface area contributed by atoms with Gasteiger partial charge in [-0.25, -0.2) is 29.8 Å². The Hall–Kier alpha value is -14.4. The molecule has 0 saturated heterocycles. The van der Waals surface area contributed by atoms with Gasteiger partial charge in [-0.2, -0.15) is 0 Å². The van der Waals surface area contributed by atoms with E-state index in [0.29, 0.717) is 23.2 Å². The van der Waals surface area contributed by atoms with Gasteiger partial charge in [0.25, 0.3) is 0 Å². The van der Waals surface area contributed by atoms with Crippen LogP contribution in [0.25, 0.3) is 214 Å². The maximum Gasteiger partial charge on any atom is 0.194 e. The lowest BCUT2D eigenvalue weighted by molar-refractivity contribution is 1.08. The van der Waals surface area contributed by atoms with E-state index in [4.69, 9.17) is 31.5 Å². The van der Waals surface area contributed by atoms with Crippen LogP contribution in [0.15, 0.2) is 364 Å². The van der Waals surface area contributed by atoms with Gasteiger partial charge in [0.15, 0.2) is 23.2 Å². The van der Waals surface area contributed by atoms with Crippen molar-refractivity contribution < 1.29 is 0 Å². The van der Waals surface area contributed by atoms with Crippen LogP contribution in [-0.4, -0.2) is 24.9 Å². The quantitative estimate of drug-likeness (QED) is 0.0861. The largest absolute Gasteiger partial charge is 0.247 e. The summed E-state index contributed by atoms with van der Waals surface area (Å²) < 4.78 is 0. The summed E-state index contributed by atoms with van der Waals surface area (Å²) in [6, 6.07) is 128. The summed E-state index contributed by atoms with van der Waals surface area (Å²) in [4.78, 5) is 29.7. The van der Waals surface area contributed by atoms with Gasteiger partial charge in [0.1, 0.15) is 0 Å². The average molecular weight is 1350 g/mol. The number of hydrogen-bond acceptors (Lipinski definition) is 5. The van der Waals surface area contributed by atoms with Crippen molar-refractivity contribution in [2.75, 3.05) is 0 Å². The molecule has 6 nitrogen and oxygen atoms in total. The molecule has 0 aliphatic carbocycles. The van der Waals surface area contributed by atoms with Crippen LogP contribution in [0.4, 0.5) is 5.69 Å². The first-order valence-corrected chi connectivity index (χ1v) is 35.8. The highest BCUT2D eigenvalue weighted by atomic mass is 15.0. The predicted octanol–water partition coefficient (Wildman–Crippen LogP) is 26.9. The van der Waals surface area contributed by atoms with Crippen molar-refractivity contribution in [3.8, 4) is 90.1 Å². The van der Waals surface area contributed by atoms with Crippen molar-refractivity contribution in [2.24, 2.45) is 0 Å². The van der Waals surface area contributed by atoms with Crippen molar-refractivity contribution in [1.29, 1.82) is 0 Å². The van der Waals surface area contributed by atoms with E-state index in [0.717, 1.165) is 110 Å². The molecule has 0 N–H and O–H groups in total. The highest BCUT2D eigenvalue weighted by Gasteiger charge is 2.25. The van der Waals surface area contributed by atoms with Crippen LogP contribution in [0.1, 0.15) is 0 Å². The molecule has 21 aromatic rings. The summed E-state index contributed by atoms with van der Waals surface area (Å²) >= 11 is 0. The number of hydrogen-bond donors (Lipinski definition) is 0. The van der Waals surface area contributed by atoms with E-state index in [-0.39, 0.29) is 0 Å². The minimum absolute atomic E-state index is 0.643. The lowest BCUT2D eigenvalue weighted by atomic mass is 9.83. The van der Waals surface area contributed by atoms with Gasteiger partial charge in [0.05, 0.1) is 29.0 Å². The molecule has 0 amide bonds. The second-order valence-corrected chi connectivity index (χ2v) is 27.0. The molecule has 0 aliphatic rings. The summed E-state index contributed by atoms with van der Waals surface area (Å²) in [6.45, 7) is 7.82. The van der Waals surface area contributed by atoms with Crippen LogP contribution >= 0.6 is 0 Å². The Morgan fingerprint density at radius 2 is 0.462 bits per heavy atom. The third-order valence-electron chi connectivity index (χ3n) is 21.2. The number of aromatic nitrogens is 5. The van der Waals surface area contributed by atoms with Crippen molar-refractivity contribution in [1.82, 2.24) is 24.9 Å². The van der Waals surface area contributed by atoms with E-state index in [2.05, 4.69) is 320 Å². The van der Waals surface area contributed by atoms with Crippen molar-refractivity contribution in [3.05, 3.63) is 375 Å². The molecule has 0 atom stereocenters. The topological polar surface area (TPSA) is 68.8 Å². The number of rotatable bonds is 8. The second kappa shape index (κ2) is 25.6. The number of fused-ring (bicyclic) bond motifs is 15. The maximum absolute atomic E-state index is 7.82. The number of nitrogens with zero attached hydrogens (tertiary/aromatic N) is 6. The minimum atomic E-state index is 0.643. The van der Waals surface area contributed by atoms with E-state index in [9.17, 15) is 0 Å². The van der Waals surface area contributed by atoms with Gasteiger partial charge in [0, 0.05) is 60.1 Å². The summed E-state index contributed by atoms with van der Waals surface area (Å²) in [6.07, 6.45) is 0. The molecule has 0 spiro atoms. The SMILES string of the molecule is [C-]#[N+]c1ccc(-c2c3ccccc3c(-c3cccc4c3ccc3c(-c5ccccc5)nc5ccccc5c34)c3ccccc23)c2ccccc12.c1ccc(-c2nc(-c3ccccc3)nc(-c3c4ccccc4c(-c4cccc5c4ccc4c(-c6ccccc6)nc6ccccc6c45)c4ccccc34)n2)cc1. The molecule has 106 heavy (non-hydrogen) atoms. The first-order valence-electron chi connectivity index (χ1n) is 35.8. The monoisotopic (exact) mass is 1340 g/mol. The van der Waals surface area contributed by atoms with Crippen LogP contribution in [0.2, 0.25) is 0 Å². The molecular weight excluding hydrogens is 1290 g/mol. The standard InChI is InChI=1S/C52H32N4.C48H28N2/c1-4-17-33(18-5-1)49-44-32-31-36-37(28-16-29-38(36)47(44)43-27-14-15-30-45(43)53-49)46-39-23-10-12-25-41(39)48(42-26-13-11-24-40(42)46)52-55-50(34-19-6-2-7-20-34)54-51(56-52)35-21-8-3-9-22-35;1-49-43-29-28-40(31-16-5-6-17-33(31)43)46-38-20-9-7-18-36(38)45(37-19-8-10-21-39(37)46)34-23-13-24-35-32(34)26-27-42-47(35)41-22-11-12-25-44(41)50-48(42)30-14-3-2-4-15-30/h1-32H;2-29H. The fraction of sp³-hybridized carbons (Fsp3) is 0. The van der Waals surface area contributed by atoms with Gasteiger partial charge in [0.2, 0.25) is 0 Å². The molecule has 18 aromatic carbocycles. The summed E-state index contributed by atoms with van der Waals surface area (Å²) in [5.74, 6) is 1.93. The van der Waals surface area contributed by atoms with Crippen molar-refractivity contribution >= 4 is 124 Å². The van der Waals surface area contributed by atoms with Crippen LogP contribution in [-0.2, 0) is 0 Å². The third-order valence-corrected chi connectivity index (χ3v) is 21.2. The Balaban J connectivity index is 0.000000141. The van der Waals surface area contributed by atoms with Gasteiger partial charge >= 0.3 is 0 Å². The number of para-hydroxylation sites is 2. The minimum Gasteiger partial charge on any atom is -0.247 e. The van der Waals surface area contributed by atoms with Crippen LogP contribution in [0.3, 0.4) is 0 Å². The Labute approximate surface area is 611 Å². The van der Waals surface area contributed by atoms with Crippen LogP contribution < -0.4 is 0 Å². The van der Waals surface area contributed by atoms with E-state index in [1.807, 2.05) is 48.5 Å². The molecule has 490 valence electrons. The zero-order chi connectivity index (χ0) is 70.2. The molecule has 3 aromatic heterocycles. The predicted molar refractivity (Wildman–Crippen MR) is 444 cm³/mol. The van der Waals surface area contributed by atoms with Gasteiger partial charge < -0.3 is 0 Å². The highest BCUT2D eigenvalue weighted by Crippen LogP contribution is 2.51. The summed E-state index contributed by atoms with van der Waals surface area (Å²) in [7, 11) is 0. The Morgan fingerprint density at radius 1 is 0.179 bits per heavy atom. The molecule has 0 saturated carbocycles. The zero-order valence-corrected chi connectivity index (χ0v) is 57.3. The van der Waals surface area contributed by atoms with Gasteiger partial charge in [-0.3, -0.25) is 0 Å². The molecule has 6 heteroatoms. The lowest BCUT2D eigenvalue weighted by Crippen LogP contribution is -2.01. The molecular formula is C100H60N6. The van der Waals surface area contributed by atoms with E-state index >= 15 is 0 Å². The highest BCUT2D eigenvalue weighted by molar-refractivity contribution is 6.31. The zero-order valence-electron chi connectivity index (χ0n) is 57.3. The fourth-order valence-corrected chi connectivity index (χ4v) is 16.6. The summed E-state index contributed by atoms with van der Waals surface area (Å²) in [5, 5.41) is 23.2. The molecule has 21 rings (SSSR count). The maximum atomic E-state index is 7.82. The molecule has 3 heterocycles. The average Bonchev–Trinajstić information content (AvgIpc) is 0.724. The Bertz CT molecular complexity index is 7020. The Kier molecular flexibility index (Phi) is 14.8. The van der Waals surface area contributed by atoms with Crippen LogP contribution in [0, 0.1) is 6.57 Å². The first-order chi connectivity index (χ1) is 52.6. The third kappa shape index (κ3) is 10.1. The number of pyridine rings is 2. The van der Waals surface area contributed by atoms with Crippen molar-refractivity contribution in [2.45, 2.75) is 0 Å². The smallest absolute Gasteiger partial charge is 0.194 e. The molecule has 0 bridgehead atoms. The normalized spacial score (nSPS) is 11.6. The molecule has 0 unspecified atom stereocenters. The van der Waals surface area contributed by atoms with E-state index in [1.54, 1.807) is 0 Å². The molecule has 0 fully saturated rings. The van der Waals surface area contributed by atoms with Crippen molar-refractivity contribution in [3.63, 3.8) is 0 Å². The second-order valence-electron chi connectivity index (χ2n) is 27.0. The fourth-order valence-electron chi connectivity index (χ4n) is 16.6. The van der Waals surface area contributed by atoms with E-state index < -0.39 is 0 Å². The Morgan fingerprint density at radius 3 is 0.849 bits per heavy atom.